The van der Waals surface area contributed by atoms with Crippen molar-refractivity contribution in [2.24, 2.45) is 29.6 Å². The van der Waals surface area contributed by atoms with Gasteiger partial charge in [0.05, 0.1) is 18.4 Å². The topological polar surface area (TPSA) is 63.6 Å². The summed E-state index contributed by atoms with van der Waals surface area (Å²) >= 11 is 0. The molecule has 0 bridgehead atoms. The van der Waals surface area contributed by atoms with E-state index in [2.05, 4.69) is 13.8 Å². The van der Waals surface area contributed by atoms with Crippen molar-refractivity contribution in [2.45, 2.75) is 84.5 Å². The zero-order valence-electron chi connectivity index (χ0n) is 16.0. The van der Waals surface area contributed by atoms with E-state index in [9.17, 15) is 14.7 Å². The monoisotopic (exact) mass is 352 g/mol. The summed E-state index contributed by atoms with van der Waals surface area (Å²) in [5, 5.41) is 9.98. The van der Waals surface area contributed by atoms with E-state index in [1.807, 2.05) is 0 Å². The number of carbonyl (C=O) groups is 2. The van der Waals surface area contributed by atoms with E-state index in [0.717, 1.165) is 57.8 Å². The van der Waals surface area contributed by atoms with E-state index in [4.69, 9.17) is 4.74 Å². The van der Waals surface area contributed by atoms with Gasteiger partial charge in [-0.3, -0.25) is 9.59 Å². The standard InChI is InChI=1S/C21H36O4/c1-15(2)13-14-25-21(24)19(17-11-7-4-8-12-17)18(20(22)23)16-9-5-3-6-10-16/h15-19H,3-14H2,1-2H3,(H,22,23). The zero-order valence-corrected chi connectivity index (χ0v) is 16.0. The van der Waals surface area contributed by atoms with E-state index >= 15 is 0 Å². The van der Waals surface area contributed by atoms with Crippen LogP contribution in [0, 0.1) is 29.6 Å². The van der Waals surface area contributed by atoms with Gasteiger partial charge in [0.1, 0.15) is 0 Å². The van der Waals surface area contributed by atoms with Crippen LogP contribution >= 0.6 is 0 Å². The SMILES string of the molecule is CC(C)CCOC(=O)C(C1CCCCC1)C(C(=O)O)C1CCCCC1. The summed E-state index contributed by atoms with van der Waals surface area (Å²) in [4.78, 5) is 25.1. The van der Waals surface area contributed by atoms with Crippen molar-refractivity contribution in [3.63, 3.8) is 0 Å². The van der Waals surface area contributed by atoms with Crippen molar-refractivity contribution in [1.29, 1.82) is 0 Å². The van der Waals surface area contributed by atoms with Crippen LogP contribution in [0.25, 0.3) is 0 Å². The van der Waals surface area contributed by atoms with Crippen LogP contribution in [0.5, 0.6) is 0 Å². The normalized spacial score (nSPS) is 22.5. The maximum atomic E-state index is 12.9. The third-order valence-corrected chi connectivity index (χ3v) is 6.20. The van der Waals surface area contributed by atoms with Gasteiger partial charge in [-0.1, -0.05) is 52.4 Å². The molecule has 1 N–H and O–H groups in total. The summed E-state index contributed by atoms with van der Waals surface area (Å²) in [7, 11) is 0. The van der Waals surface area contributed by atoms with Gasteiger partial charge >= 0.3 is 11.9 Å². The quantitative estimate of drug-likeness (QED) is 0.621. The summed E-state index contributed by atoms with van der Waals surface area (Å²) < 4.78 is 5.59. The molecule has 0 aromatic carbocycles. The summed E-state index contributed by atoms with van der Waals surface area (Å²) in [5.74, 6) is -1.24. The number of hydrogen-bond acceptors (Lipinski definition) is 3. The zero-order chi connectivity index (χ0) is 18.2. The van der Waals surface area contributed by atoms with Gasteiger partial charge in [0.15, 0.2) is 0 Å². The number of carbonyl (C=O) groups excluding carboxylic acids is 1. The van der Waals surface area contributed by atoms with Crippen molar-refractivity contribution in [2.75, 3.05) is 6.61 Å². The van der Waals surface area contributed by atoms with Gasteiger partial charge < -0.3 is 9.84 Å². The molecule has 4 nitrogen and oxygen atoms in total. The summed E-state index contributed by atoms with van der Waals surface area (Å²) in [6.45, 7) is 4.62. The highest BCUT2D eigenvalue weighted by Crippen LogP contribution is 2.42. The molecule has 2 rings (SSSR count). The number of carboxylic acids is 1. The van der Waals surface area contributed by atoms with E-state index in [1.165, 1.54) is 12.8 Å². The molecule has 4 heteroatoms. The highest BCUT2D eigenvalue weighted by atomic mass is 16.5. The molecule has 2 atom stereocenters. The molecule has 0 radical (unpaired) electrons. The second-order valence-electron chi connectivity index (χ2n) is 8.54. The molecular weight excluding hydrogens is 316 g/mol. The Hall–Kier alpha value is -1.06. The number of hydrogen-bond donors (Lipinski definition) is 1. The van der Waals surface area contributed by atoms with Gasteiger partial charge in [0.2, 0.25) is 0 Å². The number of carboxylic acid groups (broad SMARTS) is 1. The molecule has 2 aliphatic carbocycles. The molecule has 0 aromatic heterocycles. The maximum Gasteiger partial charge on any atom is 0.310 e. The highest BCUT2D eigenvalue weighted by molar-refractivity contribution is 5.81. The third kappa shape index (κ3) is 6.00. The molecular formula is C21H36O4. The Bertz CT molecular complexity index is 420. The second kappa shape index (κ2) is 10.2. The highest BCUT2D eigenvalue weighted by Gasteiger charge is 2.44. The van der Waals surface area contributed by atoms with Crippen LogP contribution < -0.4 is 0 Å². The molecule has 0 amide bonds. The van der Waals surface area contributed by atoms with Crippen LogP contribution in [0.2, 0.25) is 0 Å². The average Bonchev–Trinajstić information content (AvgIpc) is 2.60. The lowest BCUT2D eigenvalue weighted by molar-refractivity contribution is -0.164. The first-order chi connectivity index (χ1) is 12.0. The number of esters is 1. The van der Waals surface area contributed by atoms with E-state index < -0.39 is 17.8 Å². The lowest BCUT2D eigenvalue weighted by atomic mass is 9.67. The summed E-state index contributed by atoms with van der Waals surface area (Å²) in [6, 6.07) is 0. The minimum atomic E-state index is -0.789. The predicted molar refractivity (Wildman–Crippen MR) is 98.2 cm³/mol. The first-order valence-electron chi connectivity index (χ1n) is 10.4. The van der Waals surface area contributed by atoms with E-state index in [1.54, 1.807) is 0 Å². The van der Waals surface area contributed by atoms with Crippen molar-refractivity contribution >= 4 is 11.9 Å². The lowest BCUT2D eigenvalue weighted by Gasteiger charge is -2.37. The van der Waals surface area contributed by atoms with E-state index in [0.29, 0.717) is 12.5 Å². The van der Waals surface area contributed by atoms with Gasteiger partial charge in [-0.05, 0) is 49.9 Å². The first kappa shape index (κ1) is 20.3. The molecule has 2 saturated carbocycles. The Morgan fingerprint density at radius 3 is 1.80 bits per heavy atom. The predicted octanol–water partition coefficient (Wildman–Crippen LogP) is 5.05. The van der Waals surface area contributed by atoms with Gasteiger partial charge in [-0.2, -0.15) is 0 Å². The molecule has 0 heterocycles. The number of ether oxygens (including phenoxy) is 1. The van der Waals surface area contributed by atoms with Crippen molar-refractivity contribution in [3.8, 4) is 0 Å². The van der Waals surface area contributed by atoms with Crippen molar-refractivity contribution < 1.29 is 19.4 Å². The first-order valence-corrected chi connectivity index (χ1v) is 10.4. The Morgan fingerprint density at radius 2 is 1.36 bits per heavy atom. The average molecular weight is 353 g/mol. The summed E-state index contributed by atoms with van der Waals surface area (Å²) in [5.41, 5.74) is 0. The van der Waals surface area contributed by atoms with Gasteiger partial charge in [0, 0.05) is 0 Å². The fraction of sp³-hybridized carbons (Fsp3) is 0.905. The lowest BCUT2D eigenvalue weighted by Crippen LogP contribution is -2.42. The largest absolute Gasteiger partial charge is 0.481 e. The van der Waals surface area contributed by atoms with Crippen molar-refractivity contribution in [1.82, 2.24) is 0 Å². The molecule has 2 fully saturated rings. The smallest absolute Gasteiger partial charge is 0.310 e. The summed E-state index contributed by atoms with van der Waals surface area (Å²) in [6.07, 6.45) is 11.5. The molecule has 0 aromatic rings. The van der Waals surface area contributed by atoms with Crippen LogP contribution in [0.4, 0.5) is 0 Å². The number of aliphatic carboxylic acids is 1. The van der Waals surface area contributed by atoms with Gasteiger partial charge in [0.25, 0.3) is 0 Å². The van der Waals surface area contributed by atoms with E-state index in [-0.39, 0.29) is 17.8 Å². The number of rotatable bonds is 8. The Balaban J connectivity index is 2.14. The fourth-order valence-corrected chi connectivity index (χ4v) is 4.76. The van der Waals surface area contributed by atoms with Crippen LogP contribution in [0.3, 0.4) is 0 Å². The Morgan fingerprint density at radius 1 is 0.880 bits per heavy atom. The van der Waals surface area contributed by atoms with Crippen molar-refractivity contribution in [3.05, 3.63) is 0 Å². The molecule has 2 aliphatic rings. The molecule has 0 aliphatic heterocycles. The molecule has 2 unspecified atom stereocenters. The van der Waals surface area contributed by atoms with Crippen LogP contribution in [-0.4, -0.2) is 23.7 Å². The third-order valence-electron chi connectivity index (χ3n) is 6.20. The Kier molecular flexibility index (Phi) is 8.25. The molecule has 144 valence electrons. The minimum absolute atomic E-state index is 0.135. The van der Waals surface area contributed by atoms with Gasteiger partial charge in [-0.15, -0.1) is 0 Å². The maximum absolute atomic E-state index is 12.9. The second-order valence-corrected chi connectivity index (χ2v) is 8.54. The molecule has 25 heavy (non-hydrogen) atoms. The molecule has 0 saturated heterocycles. The van der Waals surface area contributed by atoms with Crippen LogP contribution in [-0.2, 0) is 14.3 Å². The minimum Gasteiger partial charge on any atom is -0.481 e. The van der Waals surface area contributed by atoms with Crippen LogP contribution in [0.15, 0.2) is 0 Å². The van der Waals surface area contributed by atoms with Crippen LogP contribution in [0.1, 0.15) is 84.5 Å². The fourth-order valence-electron chi connectivity index (χ4n) is 4.76. The van der Waals surface area contributed by atoms with Gasteiger partial charge in [-0.25, -0.2) is 0 Å². The Labute approximate surface area is 152 Å². The molecule has 0 spiro atoms.